The van der Waals surface area contributed by atoms with Gasteiger partial charge in [-0.05, 0) is 0 Å². The van der Waals surface area contributed by atoms with E-state index in [2.05, 4.69) is 14.7 Å². The van der Waals surface area contributed by atoms with Crippen molar-refractivity contribution in [3.05, 3.63) is 27.9 Å². The van der Waals surface area contributed by atoms with E-state index in [1.54, 1.807) is 0 Å². The summed E-state index contributed by atoms with van der Waals surface area (Å²) in [5, 5.41) is 0. The number of hydrogen-bond acceptors (Lipinski definition) is 4. The normalized spacial score (nSPS) is 13.9. The standard InChI is InChI=1S/C8H9N3O3/c1-14-8(13)11-2-5-6(3-11)9-4-10-7(5)12/h4H,2-3H2,1H3,(H,9,10,12). The number of H-pyrrole nitrogens is 1. The number of aromatic amines is 1. The number of rotatable bonds is 0. The predicted octanol–water partition coefficient (Wildman–Crippen LogP) is -0.148. The van der Waals surface area contributed by atoms with Gasteiger partial charge in [-0.3, -0.25) is 9.69 Å². The quantitative estimate of drug-likeness (QED) is 0.624. The second kappa shape index (κ2) is 3.13. The first-order valence-corrected chi connectivity index (χ1v) is 4.10. The van der Waals surface area contributed by atoms with Gasteiger partial charge in [0.05, 0.1) is 37.8 Å². The van der Waals surface area contributed by atoms with Gasteiger partial charge >= 0.3 is 6.09 Å². The van der Waals surface area contributed by atoms with Gasteiger partial charge in [-0.1, -0.05) is 0 Å². The Morgan fingerprint density at radius 2 is 2.43 bits per heavy atom. The third-order valence-corrected chi connectivity index (χ3v) is 2.16. The zero-order chi connectivity index (χ0) is 10.1. The molecule has 1 aromatic rings. The molecule has 6 nitrogen and oxygen atoms in total. The Morgan fingerprint density at radius 1 is 1.64 bits per heavy atom. The number of nitrogens with one attached hydrogen (secondary N) is 1. The molecule has 0 atom stereocenters. The first kappa shape index (κ1) is 8.74. The maximum Gasteiger partial charge on any atom is 0.410 e. The fraction of sp³-hybridized carbons (Fsp3) is 0.375. The summed E-state index contributed by atoms with van der Waals surface area (Å²) >= 11 is 0. The highest BCUT2D eigenvalue weighted by Crippen LogP contribution is 2.16. The van der Waals surface area contributed by atoms with Crippen LogP contribution in [0.1, 0.15) is 11.3 Å². The van der Waals surface area contributed by atoms with Crippen LogP contribution in [-0.4, -0.2) is 28.1 Å². The van der Waals surface area contributed by atoms with Crippen LogP contribution >= 0.6 is 0 Å². The molecule has 1 amide bonds. The lowest BCUT2D eigenvalue weighted by Crippen LogP contribution is -2.25. The number of fused-ring (bicyclic) bond motifs is 1. The van der Waals surface area contributed by atoms with E-state index in [1.165, 1.54) is 18.3 Å². The van der Waals surface area contributed by atoms with Crippen LogP contribution in [0, 0.1) is 0 Å². The zero-order valence-corrected chi connectivity index (χ0v) is 7.61. The molecular weight excluding hydrogens is 186 g/mol. The summed E-state index contributed by atoms with van der Waals surface area (Å²) in [4.78, 5) is 30.3. The highest BCUT2D eigenvalue weighted by Gasteiger charge is 2.26. The van der Waals surface area contributed by atoms with Crippen molar-refractivity contribution in [1.29, 1.82) is 0 Å². The molecule has 0 unspecified atom stereocenters. The summed E-state index contributed by atoms with van der Waals surface area (Å²) in [7, 11) is 1.31. The Labute approximate surface area is 79.5 Å². The van der Waals surface area contributed by atoms with Crippen LogP contribution in [0.15, 0.2) is 11.1 Å². The van der Waals surface area contributed by atoms with E-state index in [9.17, 15) is 9.59 Å². The molecule has 1 N–H and O–H groups in total. The average Bonchev–Trinajstić information content (AvgIpc) is 2.62. The molecule has 0 aromatic carbocycles. The number of nitrogens with zero attached hydrogens (tertiary/aromatic N) is 2. The average molecular weight is 195 g/mol. The van der Waals surface area contributed by atoms with E-state index in [0.29, 0.717) is 17.8 Å². The molecule has 0 saturated carbocycles. The fourth-order valence-electron chi connectivity index (χ4n) is 1.45. The Morgan fingerprint density at radius 3 is 3.07 bits per heavy atom. The minimum Gasteiger partial charge on any atom is -0.453 e. The first-order valence-electron chi connectivity index (χ1n) is 4.10. The van der Waals surface area contributed by atoms with Gasteiger partial charge in [-0.15, -0.1) is 0 Å². The number of carbonyl (C=O) groups is 1. The molecule has 1 aliphatic heterocycles. The molecule has 0 saturated heterocycles. The lowest BCUT2D eigenvalue weighted by Gasteiger charge is -2.11. The van der Waals surface area contributed by atoms with Gasteiger partial charge in [0.25, 0.3) is 5.56 Å². The van der Waals surface area contributed by atoms with Crippen molar-refractivity contribution in [3.8, 4) is 0 Å². The monoisotopic (exact) mass is 195 g/mol. The van der Waals surface area contributed by atoms with Crippen LogP contribution in [0.4, 0.5) is 4.79 Å². The summed E-state index contributed by atoms with van der Waals surface area (Å²) in [5.41, 5.74) is 0.985. The van der Waals surface area contributed by atoms with Crippen LogP contribution < -0.4 is 5.56 Å². The predicted molar refractivity (Wildman–Crippen MR) is 46.5 cm³/mol. The maximum atomic E-state index is 11.3. The van der Waals surface area contributed by atoms with Crippen molar-refractivity contribution in [2.24, 2.45) is 0 Å². The molecule has 14 heavy (non-hydrogen) atoms. The van der Waals surface area contributed by atoms with Crippen molar-refractivity contribution >= 4 is 6.09 Å². The highest BCUT2D eigenvalue weighted by molar-refractivity contribution is 5.68. The molecule has 0 aliphatic carbocycles. The molecule has 1 aliphatic rings. The number of amides is 1. The molecule has 74 valence electrons. The lowest BCUT2D eigenvalue weighted by atomic mass is 10.3. The first-order chi connectivity index (χ1) is 6.72. The van der Waals surface area contributed by atoms with Crippen molar-refractivity contribution in [2.45, 2.75) is 13.1 Å². The third-order valence-electron chi connectivity index (χ3n) is 2.16. The summed E-state index contributed by atoms with van der Waals surface area (Å²) in [6, 6.07) is 0. The van der Waals surface area contributed by atoms with Crippen molar-refractivity contribution in [2.75, 3.05) is 7.11 Å². The second-order valence-electron chi connectivity index (χ2n) is 2.98. The Kier molecular flexibility index (Phi) is 1.95. The van der Waals surface area contributed by atoms with Gasteiger partial charge in [0.2, 0.25) is 0 Å². The van der Waals surface area contributed by atoms with E-state index < -0.39 is 6.09 Å². The number of methoxy groups -OCH3 is 1. The molecule has 0 bridgehead atoms. The van der Waals surface area contributed by atoms with Gasteiger partial charge in [0.1, 0.15) is 0 Å². The fourth-order valence-corrected chi connectivity index (χ4v) is 1.45. The van der Waals surface area contributed by atoms with Crippen LogP contribution in [0.3, 0.4) is 0 Å². The van der Waals surface area contributed by atoms with Crippen molar-refractivity contribution in [1.82, 2.24) is 14.9 Å². The van der Waals surface area contributed by atoms with E-state index in [4.69, 9.17) is 0 Å². The van der Waals surface area contributed by atoms with Crippen LogP contribution in [0.5, 0.6) is 0 Å². The third kappa shape index (κ3) is 1.24. The lowest BCUT2D eigenvalue weighted by molar-refractivity contribution is 0.123. The smallest absolute Gasteiger partial charge is 0.410 e. The highest BCUT2D eigenvalue weighted by atomic mass is 16.5. The van der Waals surface area contributed by atoms with Crippen LogP contribution in [0.2, 0.25) is 0 Å². The molecule has 6 heteroatoms. The molecule has 0 spiro atoms. The summed E-state index contributed by atoms with van der Waals surface area (Å²) in [5.74, 6) is 0. The van der Waals surface area contributed by atoms with Gasteiger partial charge < -0.3 is 9.72 Å². The van der Waals surface area contributed by atoms with Gasteiger partial charge in [-0.2, -0.15) is 0 Å². The maximum absolute atomic E-state index is 11.3. The van der Waals surface area contributed by atoms with E-state index in [-0.39, 0.29) is 12.1 Å². The summed E-state index contributed by atoms with van der Waals surface area (Å²) in [6.45, 7) is 0.608. The van der Waals surface area contributed by atoms with Gasteiger partial charge in [0.15, 0.2) is 0 Å². The van der Waals surface area contributed by atoms with Crippen LogP contribution in [0.25, 0.3) is 0 Å². The van der Waals surface area contributed by atoms with E-state index >= 15 is 0 Å². The number of ether oxygens (including phenoxy) is 1. The topological polar surface area (TPSA) is 75.3 Å². The molecule has 1 aromatic heterocycles. The van der Waals surface area contributed by atoms with Crippen molar-refractivity contribution in [3.63, 3.8) is 0 Å². The number of hydrogen-bond donors (Lipinski definition) is 1. The van der Waals surface area contributed by atoms with Crippen molar-refractivity contribution < 1.29 is 9.53 Å². The summed E-state index contributed by atoms with van der Waals surface area (Å²) < 4.78 is 4.55. The molecular formula is C8H9N3O3. The van der Waals surface area contributed by atoms with E-state index in [1.807, 2.05) is 0 Å². The van der Waals surface area contributed by atoms with E-state index in [0.717, 1.165) is 0 Å². The zero-order valence-electron chi connectivity index (χ0n) is 7.61. The van der Waals surface area contributed by atoms with Gasteiger partial charge in [0, 0.05) is 0 Å². The SMILES string of the molecule is COC(=O)N1Cc2nc[nH]c(=O)c2C1. The molecule has 2 rings (SSSR count). The largest absolute Gasteiger partial charge is 0.453 e. The Bertz CT molecular complexity index is 426. The number of aromatic nitrogens is 2. The number of carbonyl (C=O) groups excluding carboxylic acids is 1. The van der Waals surface area contributed by atoms with Gasteiger partial charge in [-0.25, -0.2) is 9.78 Å². The molecule has 0 fully saturated rings. The summed E-state index contributed by atoms with van der Waals surface area (Å²) in [6.07, 6.45) is 0.893. The Balaban J connectivity index is 2.30. The molecule has 0 radical (unpaired) electrons. The minimum atomic E-state index is -0.442. The second-order valence-corrected chi connectivity index (χ2v) is 2.98. The van der Waals surface area contributed by atoms with Crippen LogP contribution in [-0.2, 0) is 17.8 Å². The molecule has 2 heterocycles. The Hall–Kier alpha value is -1.85. The minimum absolute atomic E-state index is 0.193.